The van der Waals surface area contributed by atoms with Crippen LogP contribution in [0, 0.1) is 0 Å². The van der Waals surface area contributed by atoms with E-state index >= 15 is 0 Å². The molecule has 0 amide bonds. The van der Waals surface area contributed by atoms with Gasteiger partial charge in [-0.15, -0.1) is 0 Å². The van der Waals surface area contributed by atoms with E-state index < -0.39 is 0 Å². The minimum atomic E-state index is 0.496. The van der Waals surface area contributed by atoms with Crippen LogP contribution in [0.1, 0.15) is 13.8 Å². The van der Waals surface area contributed by atoms with Crippen molar-refractivity contribution in [2.75, 3.05) is 33.5 Å². The van der Waals surface area contributed by atoms with Crippen LogP contribution in [-0.2, 0) is 9.47 Å². The van der Waals surface area contributed by atoms with Crippen LogP contribution in [0.5, 0.6) is 0 Å². The molecule has 0 aliphatic heterocycles. The molecule has 0 aromatic rings. The lowest BCUT2D eigenvalue weighted by Crippen LogP contribution is -2.26. The van der Waals surface area contributed by atoms with E-state index in [2.05, 4.69) is 25.7 Å². The topological polar surface area (TPSA) is 30.5 Å². The van der Waals surface area contributed by atoms with Crippen molar-refractivity contribution in [3.63, 3.8) is 0 Å². The Morgan fingerprint density at radius 1 is 1.38 bits per heavy atom. The van der Waals surface area contributed by atoms with E-state index in [4.69, 9.17) is 9.47 Å². The predicted octanol–water partition coefficient (Wildman–Crippen LogP) is 1.20. The molecule has 0 heterocycles. The third-order valence-corrected chi connectivity index (χ3v) is 1.50. The van der Waals surface area contributed by atoms with Crippen molar-refractivity contribution in [3.8, 4) is 0 Å². The molecule has 13 heavy (non-hydrogen) atoms. The fourth-order valence-electron chi connectivity index (χ4n) is 0.758. The molecule has 0 aliphatic rings. The van der Waals surface area contributed by atoms with E-state index in [0.717, 1.165) is 12.1 Å². The number of ether oxygens (including phenoxy) is 2. The summed E-state index contributed by atoms with van der Waals surface area (Å²) in [5.41, 5.74) is 1.07. The minimum Gasteiger partial charge on any atom is -0.382 e. The second-order valence-electron chi connectivity index (χ2n) is 3.33. The van der Waals surface area contributed by atoms with Gasteiger partial charge in [0.05, 0.1) is 19.8 Å². The van der Waals surface area contributed by atoms with Crippen LogP contribution >= 0.6 is 0 Å². The van der Waals surface area contributed by atoms with E-state index in [-0.39, 0.29) is 0 Å². The zero-order chi connectivity index (χ0) is 10.1. The Morgan fingerprint density at radius 3 is 2.62 bits per heavy atom. The summed E-state index contributed by atoms with van der Waals surface area (Å²) in [6, 6.07) is 0.496. The predicted molar refractivity (Wildman–Crippen MR) is 55.0 cm³/mol. The zero-order valence-electron chi connectivity index (χ0n) is 8.93. The molecule has 0 saturated heterocycles. The van der Waals surface area contributed by atoms with E-state index in [9.17, 15) is 0 Å². The third kappa shape index (κ3) is 9.53. The molecule has 0 unspecified atom stereocenters. The van der Waals surface area contributed by atoms with Crippen molar-refractivity contribution in [3.05, 3.63) is 12.2 Å². The minimum absolute atomic E-state index is 0.496. The fourth-order valence-corrected chi connectivity index (χ4v) is 0.758. The molecule has 0 spiro atoms. The zero-order valence-corrected chi connectivity index (χ0v) is 8.93. The average Bonchev–Trinajstić information content (AvgIpc) is 2.09. The summed E-state index contributed by atoms with van der Waals surface area (Å²) < 4.78 is 10.2. The smallest absolute Gasteiger partial charge is 0.0704 e. The Morgan fingerprint density at radius 2 is 2.08 bits per heavy atom. The first-order valence-corrected chi connectivity index (χ1v) is 4.63. The van der Waals surface area contributed by atoms with Crippen LogP contribution in [0.25, 0.3) is 0 Å². The standard InChI is InChI=1S/C10H21NO2/c1-9(2)11-7-10(3)8-13-6-5-12-4/h9,11H,3,5-8H2,1-2,4H3. The molecule has 0 rings (SSSR count). The number of rotatable bonds is 8. The second-order valence-corrected chi connectivity index (χ2v) is 3.33. The van der Waals surface area contributed by atoms with Crippen LogP contribution in [0.2, 0.25) is 0 Å². The molecule has 0 aromatic carbocycles. The van der Waals surface area contributed by atoms with Crippen molar-refractivity contribution in [1.82, 2.24) is 5.32 Å². The molecule has 1 N–H and O–H groups in total. The Kier molecular flexibility index (Phi) is 7.99. The molecule has 0 aliphatic carbocycles. The van der Waals surface area contributed by atoms with Crippen molar-refractivity contribution >= 4 is 0 Å². The quantitative estimate of drug-likeness (QED) is 0.457. The lowest BCUT2D eigenvalue weighted by atomic mass is 10.3. The molecule has 0 radical (unpaired) electrons. The van der Waals surface area contributed by atoms with Gasteiger partial charge >= 0.3 is 0 Å². The average molecular weight is 187 g/mol. The largest absolute Gasteiger partial charge is 0.382 e. The Labute approximate surface area is 81.1 Å². The fraction of sp³-hybridized carbons (Fsp3) is 0.800. The molecular weight excluding hydrogens is 166 g/mol. The second kappa shape index (κ2) is 8.23. The highest BCUT2D eigenvalue weighted by Gasteiger charge is 1.96. The summed E-state index contributed by atoms with van der Waals surface area (Å²) >= 11 is 0. The normalized spacial score (nSPS) is 10.8. The summed E-state index contributed by atoms with van der Waals surface area (Å²) in [6.45, 7) is 10.8. The summed E-state index contributed by atoms with van der Waals surface area (Å²) in [7, 11) is 1.67. The monoisotopic (exact) mass is 187 g/mol. The molecule has 0 bridgehead atoms. The van der Waals surface area contributed by atoms with Crippen LogP contribution in [-0.4, -0.2) is 39.5 Å². The van der Waals surface area contributed by atoms with Crippen LogP contribution < -0.4 is 5.32 Å². The van der Waals surface area contributed by atoms with Crippen LogP contribution in [0.15, 0.2) is 12.2 Å². The number of hydrogen-bond acceptors (Lipinski definition) is 3. The Hall–Kier alpha value is -0.380. The summed E-state index contributed by atoms with van der Waals surface area (Å²) in [5, 5.41) is 3.28. The molecule has 0 fully saturated rings. The highest BCUT2D eigenvalue weighted by molar-refractivity contribution is 4.97. The molecule has 78 valence electrons. The van der Waals surface area contributed by atoms with Crippen molar-refractivity contribution in [2.24, 2.45) is 0 Å². The van der Waals surface area contributed by atoms with Crippen molar-refractivity contribution in [1.29, 1.82) is 0 Å². The number of methoxy groups -OCH3 is 1. The lowest BCUT2D eigenvalue weighted by molar-refractivity contribution is 0.0817. The molecule has 0 atom stereocenters. The van der Waals surface area contributed by atoms with Crippen LogP contribution in [0.4, 0.5) is 0 Å². The first kappa shape index (κ1) is 12.6. The number of nitrogens with one attached hydrogen (secondary N) is 1. The summed E-state index contributed by atoms with van der Waals surface area (Å²) in [6.07, 6.45) is 0. The summed E-state index contributed by atoms with van der Waals surface area (Å²) in [5.74, 6) is 0. The van der Waals surface area contributed by atoms with Crippen LogP contribution in [0.3, 0.4) is 0 Å². The van der Waals surface area contributed by atoms with Gasteiger partial charge in [0.1, 0.15) is 0 Å². The first-order valence-electron chi connectivity index (χ1n) is 4.63. The van der Waals surface area contributed by atoms with Gasteiger partial charge in [0, 0.05) is 19.7 Å². The Bertz CT molecular complexity index is 135. The van der Waals surface area contributed by atoms with Gasteiger partial charge in [-0.1, -0.05) is 20.4 Å². The lowest BCUT2D eigenvalue weighted by Gasteiger charge is -2.10. The van der Waals surface area contributed by atoms with Gasteiger partial charge in [-0.3, -0.25) is 0 Å². The van der Waals surface area contributed by atoms with Gasteiger partial charge in [0.2, 0.25) is 0 Å². The number of hydrogen-bond donors (Lipinski definition) is 1. The Balaban J connectivity index is 3.20. The van der Waals surface area contributed by atoms with Crippen molar-refractivity contribution < 1.29 is 9.47 Å². The van der Waals surface area contributed by atoms with E-state index in [1.54, 1.807) is 7.11 Å². The molecular formula is C10H21NO2. The third-order valence-electron chi connectivity index (χ3n) is 1.50. The van der Waals surface area contributed by atoms with Gasteiger partial charge in [0.25, 0.3) is 0 Å². The highest BCUT2D eigenvalue weighted by Crippen LogP contribution is 1.90. The maximum Gasteiger partial charge on any atom is 0.0704 e. The highest BCUT2D eigenvalue weighted by atomic mass is 16.5. The van der Waals surface area contributed by atoms with Gasteiger partial charge in [0.15, 0.2) is 0 Å². The SMILES string of the molecule is C=C(CNC(C)C)COCCOC. The van der Waals surface area contributed by atoms with E-state index in [0.29, 0.717) is 25.9 Å². The molecule has 3 heteroatoms. The van der Waals surface area contributed by atoms with Crippen molar-refractivity contribution in [2.45, 2.75) is 19.9 Å². The molecule has 3 nitrogen and oxygen atoms in total. The van der Waals surface area contributed by atoms with E-state index in [1.807, 2.05) is 0 Å². The van der Waals surface area contributed by atoms with Gasteiger partial charge in [-0.05, 0) is 5.57 Å². The molecule has 0 saturated carbocycles. The van der Waals surface area contributed by atoms with Gasteiger partial charge in [-0.2, -0.15) is 0 Å². The maximum atomic E-state index is 5.30. The summed E-state index contributed by atoms with van der Waals surface area (Å²) in [4.78, 5) is 0. The van der Waals surface area contributed by atoms with Gasteiger partial charge < -0.3 is 14.8 Å². The van der Waals surface area contributed by atoms with Gasteiger partial charge in [-0.25, -0.2) is 0 Å². The molecule has 0 aromatic heterocycles. The van der Waals surface area contributed by atoms with E-state index in [1.165, 1.54) is 0 Å². The first-order chi connectivity index (χ1) is 6.16. The maximum absolute atomic E-state index is 5.30.